The highest BCUT2D eigenvalue weighted by atomic mass is 32.2. The summed E-state index contributed by atoms with van der Waals surface area (Å²) >= 11 is 1.86. The maximum Gasteiger partial charge on any atom is 0.191 e. The van der Waals surface area contributed by atoms with Gasteiger partial charge in [0.05, 0.1) is 5.69 Å². The highest BCUT2D eigenvalue weighted by Gasteiger charge is 2.25. The lowest BCUT2D eigenvalue weighted by Gasteiger charge is -2.21. The minimum Gasteiger partial charge on any atom is -0.367 e. The van der Waals surface area contributed by atoms with E-state index in [1.54, 1.807) is 7.05 Å². The molecule has 1 aliphatic heterocycles. The Hall–Kier alpha value is -1.50. The molecule has 0 saturated carbocycles. The van der Waals surface area contributed by atoms with Crippen molar-refractivity contribution in [1.82, 2.24) is 10.6 Å². The number of unbranched alkanes of at least 4 members (excludes halogenated alkanes) is 1. The molecule has 1 unspecified atom stereocenters. The van der Waals surface area contributed by atoms with Gasteiger partial charge >= 0.3 is 0 Å². The van der Waals surface area contributed by atoms with Crippen molar-refractivity contribution in [3.8, 4) is 0 Å². The number of halogens is 2. The molecular weight excluding hydrogens is 330 g/mol. The number of guanidine groups is 1. The lowest BCUT2D eigenvalue weighted by Crippen LogP contribution is -2.44. The highest BCUT2D eigenvalue weighted by Crippen LogP contribution is 2.24. The Morgan fingerprint density at radius 3 is 2.92 bits per heavy atom. The highest BCUT2D eigenvalue weighted by molar-refractivity contribution is 7.98. The summed E-state index contributed by atoms with van der Waals surface area (Å²) in [6, 6.07) is 3.94. The molecule has 134 valence electrons. The van der Waals surface area contributed by atoms with Crippen LogP contribution in [-0.2, 0) is 0 Å². The normalized spacial score (nSPS) is 18.1. The number of nitrogens with zero attached hydrogens (tertiary/aromatic N) is 2. The van der Waals surface area contributed by atoms with Crippen LogP contribution in [0.3, 0.4) is 0 Å². The Kier molecular flexibility index (Phi) is 7.62. The van der Waals surface area contributed by atoms with E-state index in [2.05, 4.69) is 21.9 Å². The monoisotopic (exact) mass is 356 g/mol. The van der Waals surface area contributed by atoms with E-state index in [1.165, 1.54) is 24.3 Å². The van der Waals surface area contributed by atoms with Crippen molar-refractivity contribution in [2.75, 3.05) is 43.6 Å². The average molecular weight is 356 g/mol. The third-order valence-corrected chi connectivity index (χ3v) is 4.77. The predicted molar refractivity (Wildman–Crippen MR) is 99.1 cm³/mol. The third-order valence-electron chi connectivity index (χ3n) is 4.07. The van der Waals surface area contributed by atoms with E-state index in [0.29, 0.717) is 12.2 Å². The van der Waals surface area contributed by atoms with Crippen molar-refractivity contribution in [1.29, 1.82) is 0 Å². The summed E-state index contributed by atoms with van der Waals surface area (Å²) in [5.41, 5.74) is 0.459. The second-order valence-electron chi connectivity index (χ2n) is 5.87. The molecule has 7 heteroatoms. The van der Waals surface area contributed by atoms with Gasteiger partial charge in [-0.05, 0) is 43.4 Å². The molecule has 1 fully saturated rings. The van der Waals surface area contributed by atoms with Crippen molar-refractivity contribution >= 4 is 23.4 Å². The lowest BCUT2D eigenvalue weighted by molar-refractivity contribution is 0.580. The van der Waals surface area contributed by atoms with E-state index in [-0.39, 0.29) is 6.04 Å². The molecule has 2 N–H and O–H groups in total. The van der Waals surface area contributed by atoms with E-state index < -0.39 is 11.6 Å². The number of hydrogen-bond acceptors (Lipinski definition) is 3. The molecule has 0 spiro atoms. The standard InChI is InChI=1S/C17H26F2N4S/c1-20-17(21-8-3-4-10-24-2)22-14-7-9-23(12-14)16-6-5-13(18)11-15(16)19/h5-6,11,14H,3-4,7-10,12H2,1-2H3,(H2,20,21,22). The van der Waals surface area contributed by atoms with Crippen LogP contribution in [0.1, 0.15) is 19.3 Å². The molecule has 1 aliphatic rings. The van der Waals surface area contributed by atoms with Crippen LogP contribution in [0.2, 0.25) is 0 Å². The molecule has 1 aromatic rings. The summed E-state index contributed by atoms with van der Waals surface area (Å²) in [5.74, 6) is 0.905. The van der Waals surface area contributed by atoms with Crippen molar-refractivity contribution in [3.05, 3.63) is 29.8 Å². The van der Waals surface area contributed by atoms with Gasteiger partial charge in [-0.1, -0.05) is 0 Å². The van der Waals surface area contributed by atoms with Gasteiger partial charge in [0.15, 0.2) is 5.96 Å². The summed E-state index contributed by atoms with van der Waals surface area (Å²) in [6.45, 7) is 2.31. The van der Waals surface area contributed by atoms with Gasteiger partial charge in [-0.25, -0.2) is 8.78 Å². The zero-order valence-electron chi connectivity index (χ0n) is 14.3. The molecule has 0 aromatic heterocycles. The molecule has 0 bridgehead atoms. The number of nitrogens with one attached hydrogen (secondary N) is 2. The summed E-state index contributed by atoms with van der Waals surface area (Å²) in [6.07, 6.45) is 5.30. The quantitative estimate of drug-likeness (QED) is 0.448. The second-order valence-corrected chi connectivity index (χ2v) is 6.86. The van der Waals surface area contributed by atoms with Gasteiger partial charge < -0.3 is 15.5 Å². The van der Waals surface area contributed by atoms with Crippen molar-refractivity contribution in [2.45, 2.75) is 25.3 Å². The van der Waals surface area contributed by atoms with Crippen molar-refractivity contribution < 1.29 is 8.78 Å². The summed E-state index contributed by atoms with van der Waals surface area (Å²) < 4.78 is 26.9. The zero-order chi connectivity index (χ0) is 17.4. The fourth-order valence-electron chi connectivity index (χ4n) is 2.80. The zero-order valence-corrected chi connectivity index (χ0v) is 15.1. The van der Waals surface area contributed by atoms with Gasteiger partial charge in [-0.3, -0.25) is 4.99 Å². The fraction of sp³-hybridized carbons (Fsp3) is 0.588. The maximum atomic E-state index is 13.9. The van der Waals surface area contributed by atoms with Gasteiger partial charge in [-0.15, -0.1) is 0 Å². The molecule has 4 nitrogen and oxygen atoms in total. The minimum atomic E-state index is -0.545. The molecule has 2 rings (SSSR count). The Morgan fingerprint density at radius 1 is 1.38 bits per heavy atom. The summed E-state index contributed by atoms with van der Waals surface area (Å²) in [4.78, 5) is 6.19. The van der Waals surface area contributed by atoms with Crippen LogP contribution in [0.5, 0.6) is 0 Å². The molecule has 1 heterocycles. The van der Waals surface area contributed by atoms with Crippen LogP contribution in [0, 0.1) is 11.6 Å². The van der Waals surface area contributed by atoms with Gasteiger partial charge in [0.25, 0.3) is 0 Å². The summed E-state index contributed by atoms with van der Waals surface area (Å²) in [7, 11) is 1.75. The number of anilines is 1. The lowest BCUT2D eigenvalue weighted by atomic mass is 10.2. The first-order chi connectivity index (χ1) is 11.6. The van der Waals surface area contributed by atoms with Gasteiger partial charge in [0, 0.05) is 38.8 Å². The van der Waals surface area contributed by atoms with E-state index in [9.17, 15) is 8.78 Å². The summed E-state index contributed by atoms with van der Waals surface area (Å²) in [5, 5.41) is 6.70. The predicted octanol–water partition coefficient (Wildman–Crippen LogP) is 2.85. The SMILES string of the molecule is CN=C(NCCCCSC)NC1CCN(c2ccc(F)cc2F)C1. The number of benzene rings is 1. The van der Waals surface area contributed by atoms with Crippen LogP contribution in [0.25, 0.3) is 0 Å². The Labute approximate surface area is 147 Å². The van der Waals surface area contributed by atoms with Gasteiger partial charge in [0.2, 0.25) is 0 Å². The Morgan fingerprint density at radius 2 is 2.21 bits per heavy atom. The van der Waals surface area contributed by atoms with Crippen molar-refractivity contribution in [3.63, 3.8) is 0 Å². The Balaban J connectivity index is 1.79. The average Bonchev–Trinajstić information content (AvgIpc) is 3.01. The minimum absolute atomic E-state index is 0.201. The third kappa shape index (κ3) is 5.54. The number of rotatable bonds is 7. The van der Waals surface area contributed by atoms with Gasteiger partial charge in [-0.2, -0.15) is 11.8 Å². The van der Waals surface area contributed by atoms with E-state index in [4.69, 9.17) is 0 Å². The topological polar surface area (TPSA) is 39.7 Å². The molecule has 0 aliphatic carbocycles. The van der Waals surface area contributed by atoms with Crippen LogP contribution < -0.4 is 15.5 Å². The second kappa shape index (κ2) is 9.71. The molecule has 24 heavy (non-hydrogen) atoms. The largest absolute Gasteiger partial charge is 0.367 e. The number of aliphatic imine (C=N–C) groups is 1. The van der Waals surface area contributed by atoms with Crippen molar-refractivity contribution in [2.24, 2.45) is 4.99 Å². The van der Waals surface area contributed by atoms with Crippen LogP contribution >= 0.6 is 11.8 Å². The molecule has 1 saturated heterocycles. The van der Waals surface area contributed by atoms with E-state index in [0.717, 1.165) is 38.0 Å². The molecular formula is C17H26F2N4S. The number of hydrogen-bond donors (Lipinski definition) is 2. The first kappa shape index (κ1) is 18.8. The van der Waals surface area contributed by atoms with E-state index in [1.807, 2.05) is 16.7 Å². The maximum absolute atomic E-state index is 13.9. The molecule has 1 atom stereocenters. The first-order valence-electron chi connectivity index (χ1n) is 8.30. The first-order valence-corrected chi connectivity index (χ1v) is 9.69. The number of thioether (sulfide) groups is 1. The van der Waals surface area contributed by atoms with Crippen LogP contribution in [0.15, 0.2) is 23.2 Å². The van der Waals surface area contributed by atoms with Crippen LogP contribution in [0.4, 0.5) is 14.5 Å². The smallest absolute Gasteiger partial charge is 0.191 e. The van der Waals surface area contributed by atoms with Crippen LogP contribution in [-0.4, -0.2) is 50.7 Å². The molecule has 0 amide bonds. The van der Waals surface area contributed by atoms with E-state index >= 15 is 0 Å². The molecule has 0 radical (unpaired) electrons. The fourth-order valence-corrected chi connectivity index (χ4v) is 3.29. The molecule has 1 aromatic carbocycles. The Bertz CT molecular complexity index is 553. The van der Waals surface area contributed by atoms with Gasteiger partial charge in [0.1, 0.15) is 11.6 Å².